The van der Waals surface area contributed by atoms with Crippen molar-refractivity contribution in [2.75, 3.05) is 18.1 Å². The van der Waals surface area contributed by atoms with E-state index >= 15 is 0 Å². The number of amides is 1. The van der Waals surface area contributed by atoms with Gasteiger partial charge >= 0.3 is 0 Å². The molecule has 3 heterocycles. The summed E-state index contributed by atoms with van der Waals surface area (Å²) in [5.41, 5.74) is 1.43. The summed E-state index contributed by atoms with van der Waals surface area (Å²) in [6, 6.07) is 5.48. The summed E-state index contributed by atoms with van der Waals surface area (Å²) in [7, 11) is 0. The Kier molecular flexibility index (Phi) is 4.24. The van der Waals surface area contributed by atoms with Crippen molar-refractivity contribution in [3.05, 3.63) is 47.7 Å². The molecule has 0 aliphatic carbocycles. The van der Waals surface area contributed by atoms with Crippen LogP contribution in [-0.2, 0) is 4.74 Å². The van der Waals surface area contributed by atoms with Crippen LogP contribution in [0.15, 0.2) is 35.0 Å². The Morgan fingerprint density at radius 3 is 2.73 bits per heavy atom. The van der Waals surface area contributed by atoms with Gasteiger partial charge in [0.15, 0.2) is 0 Å². The number of anilines is 1. The van der Waals surface area contributed by atoms with Gasteiger partial charge in [-0.05, 0) is 44.9 Å². The third-order valence-corrected chi connectivity index (χ3v) is 3.90. The smallest absolute Gasteiger partial charge is 0.261 e. The van der Waals surface area contributed by atoms with E-state index in [0.29, 0.717) is 17.9 Å². The highest BCUT2D eigenvalue weighted by molar-refractivity contribution is 6.06. The van der Waals surface area contributed by atoms with E-state index < -0.39 is 0 Å². The van der Waals surface area contributed by atoms with Crippen LogP contribution >= 0.6 is 0 Å². The maximum absolute atomic E-state index is 13.0. The number of hydrogen-bond donors (Lipinski definition) is 0. The normalized spacial score (nSPS) is 17.6. The molecule has 1 aliphatic rings. The van der Waals surface area contributed by atoms with Gasteiger partial charge in [0, 0.05) is 24.7 Å². The van der Waals surface area contributed by atoms with Crippen molar-refractivity contribution in [1.29, 1.82) is 0 Å². The minimum absolute atomic E-state index is 0.0592. The first-order chi connectivity index (χ1) is 10.6. The van der Waals surface area contributed by atoms with Gasteiger partial charge in [0.25, 0.3) is 5.91 Å². The molecule has 116 valence electrons. The lowest BCUT2D eigenvalue weighted by Gasteiger charge is -2.25. The summed E-state index contributed by atoms with van der Waals surface area (Å²) in [4.78, 5) is 18.7. The van der Waals surface area contributed by atoms with E-state index in [4.69, 9.17) is 9.15 Å². The topological polar surface area (TPSA) is 55.6 Å². The summed E-state index contributed by atoms with van der Waals surface area (Å²) in [6.45, 7) is 4.98. The Morgan fingerprint density at radius 1 is 1.36 bits per heavy atom. The van der Waals surface area contributed by atoms with Gasteiger partial charge in [0.05, 0.1) is 18.2 Å². The minimum Gasteiger partial charge on any atom is -0.466 e. The predicted molar refractivity (Wildman–Crippen MR) is 83.1 cm³/mol. The highest BCUT2D eigenvalue weighted by Gasteiger charge is 2.26. The van der Waals surface area contributed by atoms with Crippen LogP contribution in [-0.4, -0.2) is 30.1 Å². The highest BCUT2D eigenvalue weighted by atomic mass is 16.5. The molecule has 1 amide bonds. The Labute approximate surface area is 129 Å². The molecule has 1 atom stereocenters. The molecule has 0 radical (unpaired) electrons. The molecule has 1 saturated heterocycles. The number of aromatic nitrogens is 1. The van der Waals surface area contributed by atoms with Crippen LogP contribution in [0.4, 0.5) is 5.69 Å². The van der Waals surface area contributed by atoms with Crippen LogP contribution in [0.2, 0.25) is 0 Å². The fourth-order valence-electron chi connectivity index (χ4n) is 2.81. The average Bonchev–Trinajstić information content (AvgIpc) is 3.14. The summed E-state index contributed by atoms with van der Waals surface area (Å²) >= 11 is 0. The zero-order valence-electron chi connectivity index (χ0n) is 12.9. The molecule has 2 aromatic heterocycles. The van der Waals surface area contributed by atoms with Crippen LogP contribution < -0.4 is 4.90 Å². The number of carbonyl (C=O) groups is 1. The van der Waals surface area contributed by atoms with Crippen LogP contribution in [0.1, 0.15) is 34.7 Å². The summed E-state index contributed by atoms with van der Waals surface area (Å²) in [6.07, 6.45) is 5.51. The van der Waals surface area contributed by atoms with E-state index in [2.05, 4.69) is 4.98 Å². The Hall–Kier alpha value is -2.14. The van der Waals surface area contributed by atoms with Gasteiger partial charge in [-0.15, -0.1) is 0 Å². The fraction of sp³-hybridized carbons (Fsp3) is 0.412. The molecule has 0 spiro atoms. The van der Waals surface area contributed by atoms with Gasteiger partial charge in [-0.2, -0.15) is 0 Å². The molecule has 0 bridgehead atoms. The second-order valence-corrected chi connectivity index (χ2v) is 5.58. The highest BCUT2D eigenvalue weighted by Crippen LogP contribution is 2.23. The molecule has 5 nitrogen and oxygen atoms in total. The van der Waals surface area contributed by atoms with Gasteiger partial charge in [0.1, 0.15) is 11.5 Å². The zero-order valence-corrected chi connectivity index (χ0v) is 12.9. The van der Waals surface area contributed by atoms with E-state index in [1.54, 1.807) is 23.4 Å². The Bertz CT molecular complexity index is 645. The number of carbonyl (C=O) groups excluding carboxylic acids is 1. The van der Waals surface area contributed by atoms with Gasteiger partial charge in [0.2, 0.25) is 0 Å². The van der Waals surface area contributed by atoms with Crippen LogP contribution in [0.3, 0.4) is 0 Å². The SMILES string of the molecule is Cc1cc(C(=O)N(CC2CCCO2)c2ccncc2)c(C)o1. The van der Waals surface area contributed by atoms with Crippen molar-refractivity contribution < 1.29 is 13.9 Å². The van der Waals surface area contributed by atoms with Crippen molar-refractivity contribution in [3.63, 3.8) is 0 Å². The largest absolute Gasteiger partial charge is 0.466 e. The molecule has 1 fully saturated rings. The van der Waals surface area contributed by atoms with Crippen LogP contribution in [0, 0.1) is 13.8 Å². The van der Waals surface area contributed by atoms with E-state index in [-0.39, 0.29) is 12.0 Å². The Balaban J connectivity index is 1.90. The number of ether oxygens (including phenoxy) is 1. The van der Waals surface area contributed by atoms with Crippen LogP contribution in [0.5, 0.6) is 0 Å². The van der Waals surface area contributed by atoms with Crippen LogP contribution in [0.25, 0.3) is 0 Å². The molecule has 1 unspecified atom stereocenters. The summed E-state index contributed by atoms with van der Waals surface area (Å²) < 4.78 is 11.2. The molecule has 0 aromatic carbocycles. The number of furan rings is 1. The van der Waals surface area contributed by atoms with Gasteiger partial charge in [-0.3, -0.25) is 9.78 Å². The van der Waals surface area contributed by atoms with Crippen molar-refractivity contribution in [2.45, 2.75) is 32.8 Å². The standard InChI is InChI=1S/C17H20N2O3/c1-12-10-16(13(2)22-12)17(20)19(11-15-4-3-9-21-15)14-5-7-18-8-6-14/h5-8,10,15H,3-4,9,11H2,1-2H3. The first-order valence-electron chi connectivity index (χ1n) is 7.55. The number of aryl methyl sites for hydroxylation is 2. The molecular formula is C17H20N2O3. The third-order valence-electron chi connectivity index (χ3n) is 3.90. The molecule has 3 rings (SSSR count). The van der Waals surface area contributed by atoms with Gasteiger partial charge in [-0.1, -0.05) is 0 Å². The van der Waals surface area contributed by atoms with Crippen molar-refractivity contribution in [3.8, 4) is 0 Å². The third kappa shape index (κ3) is 3.04. The second kappa shape index (κ2) is 6.32. The molecule has 0 N–H and O–H groups in total. The minimum atomic E-state index is -0.0592. The molecule has 0 saturated carbocycles. The molecule has 1 aliphatic heterocycles. The first kappa shape index (κ1) is 14.8. The maximum Gasteiger partial charge on any atom is 0.261 e. The van der Waals surface area contributed by atoms with E-state index in [1.165, 1.54) is 0 Å². The van der Waals surface area contributed by atoms with E-state index in [9.17, 15) is 4.79 Å². The molecule has 22 heavy (non-hydrogen) atoms. The summed E-state index contributed by atoms with van der Waals surface area (Å²) in [5.74, 6) is 1.33. The van der Waals surface area contributed by atoms with Crippen molar-refractivity contribution in [2.24, 2.45) is 0 Å². The lowest BCUT2D eigenvalue weighted by atomic mass is 10.1. The van der Waals surface area contributed by atoms with Gasteiger partial charge < -0.3 is 14.1 Å². The van der Waals surface area contributed by atoms with Gasteiger partial charge in [-0.25, -0.2) is 0 Å². The quantitative estimate of drug-likeness (QED) is 0.870. The maximum atomic E-state index is 13.0. The zero-order chi connectivity index (χ0) is 15.5. The lowest BCUT2D eigenvalue weighted by Crippen LogP contribution is -2.37. The molecule has 2 aromatic rings. The number of hydrogen-bond acceptors (Lipinski definition) is 4. The molecule has 5 heteroatoms. The Morgan fingerprint density at radius 2 is 2.14 bits per heavy atom. The lowest BCUT2D eigenvalue weighted by molar-refractivity contribution is 0.0916. The van der Waals surface area contributed by atoms with Crippen molar-refractivity contribution in [1.82, 2.24) is 4.98 Å². The van der Waals surface area contributed by atoms with E-state index in [1.807, 2.05) is 26.0 Å². The number of rotatable bonds is 4. The number of nitrogens with zero attached hydrogens (tertiary/aromatic N) is 2. The summed E-state index contributed by atoms with van der Waals surface area (Å²) in [5, 5.41) is 0. The van der Waals surface area contributed by atoms with Crippen molar-refractivity contribution >= 4 is 11.6 Å². The van der Waals surface area contributed by atoms with E-state index in [0.717, 1.165) is 30.9 Å². The predicted octanol–water partition coefficient (Wildman–Crippen LogP) is 3.12. The monoisotopic (exact) mass is 300 g/mol. The average molecular weight is 300 g/mol. The number of pyridine rings is 1. The molecular weight excluding hydrogens is 280 g/mol. The second-order valence-electron chi connectivity index (χ2n) is 5.58. The first-order valence-corrected chi connectivity index (χ1v) is 7.55. The fourth-order valence-corrected chi connectivity index (χ4v) is 2.81.